The molecule has 0 aromatic carbocycles. The van der Waals surface area contributed by atoms with Gasteiger partial charge in [0, 0.05) is 7.05 Å². The summed E-state index contributed by atoms with van der Waals surface area (Å²) >= 11 is 1.43. The lowest BCUT2D eigenvalue weighted by Gasteiger charge is -2.08. The smallest absolute Gasteiger partial charge is 0.247 e. The Morgan fingerprint density at radius 1 is 1.79 bits per heavy atom. The average Bonchev–Trinajstić information content (AvgIpc) is 2.44. The largest absolute Gasteiger partial charge is 0.293 e. The highest BCUT2D eigenvalue weighted by Crippen LogP contribution is 2.23. The van der Waals surface area contributed by atoms with Gasteiger partial charge in [-0.05, 0) is 19.9 Å². The molecule has 0 saturated carbocycles. The van der Waals surface area contributed by atoms with Crippen LogP contribution in [0.4, 0.5) is 0 Å². The number of hydrogen-bond donors (Lipinski definition) is 2. The number of aryl methyl sites for hydroxylation is 2. The zero-order chi connectivity index (χ0) is 10.7. The van der Waals surface area contributed by atoms with Gasteiger partial charge in [0.05, 0.1) is 16.0 Å². The van der Waals surface area contributed by atoms with Gasteiger partial charge in [-0.2, -0.15) is 5.10 Å². The molecular weight excluding hydrogens is 200 g/mol. The second-order valence-electron chi connectivity index (χ2n) is 3.02. The molecule has 14 heavy (non-hydrogen) atoms. The summed E-state index contributed by atoms with van der Waals surface area (Å²) < 4.78 is 1.75. The summed E-state index contributed by atoms with van der Waals surface area (Å²) in [7, 11) is 1.85. The van der Waals surface area contributed by atoms with Crippen LogP contribution >= 0.6 is 11.8 Å². The minimum Gasteiger partial charge on any atom is -0.293 e. The molecule has 5 nitrogen and oxygen atoms in total. The summed E-state index contributed by atoms with van der Waals surface area (Å²) in [5, 5.41) is 4.93. The molecule has 1 heterocycles. The standard InChI is InChI=1S/C8H14N4OS/c1-5-4-7(12(3)11-5)14-6(2)8(13)10-9/h4,6H,9H2,1-3H3,(H,10,13). The first-order valence-corrected chi connectivity index (χ1v) is 5.10. The number of carbonyl (C=O) groups excluding carboxylic acids is 1. The number of hydrogen-bond acceptors (Lipinski definition) is 4. The van der Waals surface area contributed by atoms with Crippen molar-refractivity contribution in [3.05, 3.63) is 11.8 Å². The third-order valence-electron chi connectivity index (χ3n) is 1.77. The van der Waals surface area contributed by atoms with E-state index in [0.717, 1.165) is 10.7 Å². The first-order chi connectivity index (χ1) is 6.54. The zero-order valence-corrected chi connectivity index (χ0v) is 9.26. The maximum Gasteiger partial charge on any atom is 0.247 e. The van der Waals surface area contributed by atoms with Crippen LogP contribution in [0.2, 0.25) is 0 Å². The van der Waals surface area contributed by atoms with E-state index in [0.29, 0.717) is 0 Å². The molecule has 1 unspecified atom stereocenters. The fraction of sp³-hybridized carbons (Fsp3) is 0.500. The number of amides is 1. The minimum atomic E-state index is -0.213. The van der Waals surface area contributed by atoms with E-state index in [4.69, 9.17) is 5.84 Å². The van der Waals surface area contributed by atoms with Crippen LogP contribution in [-0.2, 0) is 11.8 Å². The highest BCUT2D eigenvalue weighted by Gasteiger charge is 2.15. The molecule has 1 amide bonds. The van der Waals surface area contributed by atoms with Crippen LogP contribution in [0.5, 0.6) is 0 Å². The van der Waals surface area contributed by atoms with Crippen LogP contribution in [0.3, 0.4) is 0 Å². The number of nitrogens with zero attached hydrogens (tertiary/aromatic N) is 2. The summed E-state index contributed by atoms with van der Waals surface area (Å²) in [6.07, 6.45) is 0. The van der Waals surface area contributed by atoms with Crippen molar-refractivity contribution in [2.75, 3.05) is 0 Å². The van der Waals surface area contributed by atoms with Crippen molar-refractivity contribution in [3.8, 4) is 0 Å². The van der Waals surface area contributed by atoms with Crippen LogP contribution in [0.1, 0.15) is 12.6 Å². The summed E-state index contributed by atoms with van der Waals surface area (Å²) in [5.74, 6) is 4.85. The lowest BCUT2D eigenvalue weighted by Crippen LogP contribution is -2.36. The van der Waals surface area contributed by atoms with E-state index in [2.05, 4.69) is 10.5 Å². The van der Waals surface area contributed by atoms with Gasteiger partial charge in [-0.1, -0.05) is 11.8 Å². The fourth-order valence-corrected chi connectivity index (χ4v) is 2.02. The third-order valence-corrected chi connectivity index (χ3v) is 2.96. The zero-order valence-electron chi connectivity index (χ0n) is 8.44. The number of thioether (sulfide) groups is 1. The van der Waals surface area contributed by atoms with Crippen molar-refractivity contribution >= 4 is 17.7 Å². The average molecular weight is 214 g/mol. The third kappa shape index (κ3) is 2.49. The van der Waals surface area contributed by atoms with Crippen LogP contribution in [0.25, 0.3) is 0 Å². The van der Waals surface area contributed by atoms with E-state index >= 15 is 0 Å². The maximum atomic E-state index is 11.1. The van der Waals surface area contributed by atoms with Gasteiger partial charge < -0.3 is 0 Å². The van der Waals surface area contributed by atoms with E-state index in [1.165, 1.54) is 11.8 Å². The normalized spacial score (nSPS) is 12.6. The molecule has 1 atom stereocenters. The number of aromatic nitrogens is 2. The Morgan fingerprint density at radius 2 is 2.43 bits per heavy atom. The van der Waals surface area contributed by atoms with E-state index in [9.17, 15) is 4.79 Å². The molecule has 0 radical (unpaired) electrons. The molecule has 1 aromatic rings. The van der Waals surface area contributed by atoms with E-state index in [1.807, 2.05) is 20.0 Å². The minimum absolute atomic E-state index is 0.186. The maximum absolute atomic E-state index is 11.1. The second kappa shape index (κ2) is 4.47. The van der Waals surface area contributed by atoms with Crippen molar-refractivity contribution in [2.45, 2.75) is 24.1 Å². The van der Waals surface area contributed by atoms with E-state index in [1.54, 1.807) is 11.6 Å². The Bertz CT molecular complexity index is 336. The van der Waals surface area contributed by atoms with Crippen molar-refractivity contribution in [1.82, 2.24) is 15.2 Å². The monoisotopic (exact) mass is 214 g/mol. The van der Waals surface area contributed by atoms with Gasteiger partial charge in [-0.25, -0.2) is 5.84 Å². The number of carbonyl (C=O) groups is 1. The van der Waals surface area contributed by atoms with E-state index in [-0.39, 0.29) is 11.2 Å². The molecule has 78 valence electrons. The quantitative estimate of drug-likeness (QED) is 0.326. The molecule has 0 fully saturated rings. The number of nitrogens with one attached hydrogen (secondary N) is 1. The van der Waals surface area contributed by atoms with Gasteiger partial charge in [-0.15, -0.1) is 0 Å². The predicted octanol–water partition coefficient (Wildman–Crippen LogP) is 0.199. The molecular formula is C8H14N4OS. The molecule has 0 aliphatic rings. The van der Waals surface area contributed by atoms with Gasteiger partial charge in [0.2, 0.25) is 5.91 Å². The Morgan fingerprint density at radius 3 is 2.86 bits per heavy atom. The number of rotatable bonds is 3. The number of hydrazine groups is 1. The molecule has 6 heteroatoms. The molecule has 0 aliphatic heterocycles. The number of nitrogens with two attached hydrogens (primary N) is 1. The van der Waals surface area contributed by atoms with Crippen molar-refractivity contribution in [1.29, 1.82) is 0 Å². The van der Waals surface area contributed by atoms with Gasteiger partial charge in [0.25, 0.3) is 0 Å². The highest BCUT2D eigenvalue weighted by molar-refractivity contribution is 8.00. The second-order valence-corrected chi connectivity index (χ2v) is 4.38. The van der Waals surface area contributed by atoms with E-state index < -0.39 is 0 Å². The van der Waals surface area contributed by atoms with Crippen molar-refractivity contribution in [2.24, 2.45) is 12.9 Å². The molecule has 1 aromatic heterocycles. The van der Waals surface area contributed by atoms with Crippen molar-refractivity contribution in [3.63, 3.8) is 0 Å². The highest BCUT2D eigenvalue weighted by atomic mass is 32.2. The molecule has 0 spiro atoms. The summed E-state index contributed by atoms with van der Waals surface area (Å²) in [6.45, 7) is 3.72. The van der Waals surface area contributed by atoms with Gasteiger partial charge in [0.1, 0.15) is 0 Å². The van der Waals surface area contributed by atoms with Crippen LogP contribution < -0.4 is 11.3 Å². The summed E-state index contributed by atoms with van der Waals surface area (Å²) in [5.41, 5.74) is 3.06. The summed E-state index contributed by atoms with van der Waals surface area (Å²) in [4.78, 5) is 11.1. The Kier molecular flexibility index (Phi) is 3.54. The van der Waals surface area contributed by atoms with Crippen LogP contribution in [0.15, 0.2) is 11.1 Å². The topological polar surface area (TPSA) is 72.9 Å². The molecule has 0 bridgehead atoms. The van der Waals surface area contributed by atoms with Gasteiger partial charge in [0.15, 0.2) is 0 Å². The lowest BCUT2D eigenvalue weighted by molar-refractivity contribution is -0.120. The Labute approximate surface area is 87.0 Å². The Balaban J connectivity index is 2.69. The van der Waals surface area contributed by atoms with Crippen LogP contribution in [-0.4, -0.2) is 20.9 Å². The summed E-state index contributed by atoms with van der Waals surface area (Å²) in [6, 6.07) is 1.94. The lowest BCUT2D eigenvalue weighted by atomic mass is 10.5. The van der Waals surface area contributed by atoms with Gasteiger partial charge in [-0.3, -0.25) is 14.9 Å². The molecule has 0 aliphatic carbocycles. The predicted molar refractivity (Wildman–Crippen MR) is 55.6 cm³/mol. The van der Waals surface area contributed by atoms with Crippen LogP contribution in [0, 0.1) is 6.92 Å². The first kappa shape index (κ1) is 11.1. The first-order valence-electron chi connectivity index (χ1n) is 4.22. The fourth-order valence-electron chi connectivity index (χ4n) is 1.05. The SMILES string of the molecule is Cc1cc(SC(C)C(=O)NN)n(C)n1. The molecule has 1 rings (SSSR count). The van der Waals surface area contributed by atoms with Gasteiger partial charge >= 0.3 is 0 Å². The molecule has 3 N–H and O–H groups in total. The molecule has 0 saturated heterocycles. The Hall–Kier alpha value is -1.01. The van der Waals surface area contributed by atoms with Crippen molar-refractivity contribution < 1.29 is 4.79 Å².